The van der Waals surface area contributed by atoms with Crippen molar-refractivity contribution >= 4 is 34.1 Å². The molecule has 0 bridgehead atoms. The first-order chi connectivity index (χ1) is 9.51. The molecule has 0 atom stereocenters. The number of benzene rings is 1. The standard InChI is InChI=1S/C15H18N2O2S/c1-3-17(7-6-14(16)20)15(18)13-9-11-8-10(2)4-5-12(11)19-13/h4-5,8-9H,3,6-7H2,1-2H3,(H2,16,20). The highest BCUT2D eigenvalue weighted by atomic mass is 32.1. The summed E-state index contributed by atoms with van der Waals surface area (Å²) in [7, 11) is 0. The first-order valence-electron chi connectivity index (χ1n) is 6.59. The maximum atomic E-state index is 12.4. The van der Waals surface area contributed by atoms with Gasteiger partial charge in [-0.1, -0.05) is 23.8 Å². The van der Waals surface area contributed by atoms with Crippen LogP contribution in [0.15, 0.2) is 28.7 Å². The Morgan fingerprint density at radius 2 is 2.15 bits per heavy atom. The Kier molecular flexibility index (Phi) is 4.39. The van der Waals surface area contributed by atoms with Gasteiger partial charge in [0.1, 0.15) is 5.58 Å². The number of hydrogen-bond donors (Lipinski definition) is 1. The predicted octanol–water partition coefficient (Wildman–Crippen LogP) is 2.88. The molecule has 0 aliphatic rings. The van der Waals surface area contributed by atoms with Crippen LogP contribution in [-0.4, -0.2) is 28.9 Å². The third-order valence-electron chi connectivity index (χ3n) is 3.18. The summed E-state index contributed by atoms with van der Waals surface area (Å²) in [5.41, 5.74) is 7.35. The SMILES string of the molecule is CCN(CCC(N)=S)C(=O)c1cc2cc(C)ccc2o1. The number of carbonyl (C=O) groups is 1. The fraction of sp³-hybridized carbons (Fsp3) is 0.333. The van der Waals surface area contributed by atoms with Crippen LogP contribution in [0.3, 0.4) is 0 Å². The number of nitrogens with two attached hydrogens (primary N) is 1. The molecule has 0 unspecified atom stereocenters. The molecule has 0 fully saturated rings. The van der Waals surface area contributed by atoms with Gasteiger partial charge in [0.05, 0.1) is 4.99 Å². The average Bonchev–Trinajstić information content (AvgIpc) is 2.81. The monoisotopic (exact) mass is 290 g/mol. The molecule has 2 aromatic rings. The van der Waals surface area contributed by atoms with E-state index in [1.54, 1.807) is 11.0 Å². The lowest BCUT2D eigenvalue weighted by Crippen LogP contribution is -2.33. The number of rotatable bonds is 5. The van der Waals surface area contributed by atoms with Crippen LogP contribution in [0.1, 0.15) is 29.5 Å². The van der Waals surface area contributed by atoms with Gasteiger partial charge in [-0.15, -0.1) is 0 Å². The zero-order chi connectivity index (χ0) is 14.7. The Hall–Kier alpha value is -1.88. The molecule has 0 radical (unpaired) electrons. The van der Waals surface area contributed by atoms with Gasteiger partial charge in [-0.3, -0.25) is 4.79 Å². The number of aryl methyl sites for hydroxylation is 1. The van der Waals surface area contributed by atoms with Gasteiger partial charge in [-0.25, -0.2) is 0 Å². The number of hydrogen-bond acceptors (Lipinski definition) is 3. The minimum Gasteiger partial charge on any atom is -0.451 e. The van der Waals surface area contributed by atoms with Gasteiger partial charge in [0.15, 0.2) is 5.76 Å². The minimum absolute atomic E-state index is 0.127. The third-order valence-corrected chi connectivity index (χ3v) is 3.38. The van der Waals surface area contributed by atoms with E-state index < -0.39 is 0 Å². The van der Waals surface area contributed by atoms with Gasteiger partial charge in [-0.05, 0) is 32.0 Å². The van der Waals surface area contributed by atoms with Gasteiger partial charge in [-0.2, -0.15) is 0 Å². The van der Waals surface area contributed by atoms with Crippen LogP contribution in [0, 0.1) is 6.92 Å². The Morgan fingerprint density at radius 3 is 2.80 bits per heavy atom. The Balaban J connectivity index is 2.22. The van der Waals surface area contributed by atoms with Crippen LogP contribution in [0.2, 0.25) is 0 Å². The number of fused-ring (bicyclic) bond motifs is 1. The summed E-state index contributed by atoms with van der Waals surface area (Å²) >= 11 is 4.85. The molecular formula is C15H18N2O2S. The van der Waals surface area contributed by atoms with Gasteiger partial charge >= 0.3 is 0 Å². The van der Waals surface area contributed by atoms with Gasteiger partial charge in [0.25, 0.3) is 5.91 Å². The van der Waals surface area contributed by atoms with E-state index in [4.69, 9.17) is 22.4 Å². The molecule has 0 aliphatic carbocycles. The van der Waals surface area contributed by atoms with Gasteiger partial charge in [0.2, 0.25) is 0 Å². The summed E-state index contributed by atoms with van der Waals surface area (Å²) in [6.45, 7) is 5.04. The summed E-state index contributed by atoms with van der Waals surface area (Å²) < 4.78 is 5.62. The van der Waals surface area contributed by atoms with Crippen molar-refractivity contribution in [3.05, 3.63) is 35.6 Å². The highest BCUT2D eigenvalue weighted by Crippen LogP contribution is 2.21. The van der Waals surface area contributed by atoms with E-state index >= 15 is 0 Å². The molecule has 1 aromatic carbocycles. The van der Waals surface area contributed by atoms with Crippen LogP contribution < -0.4 is 5.73 Å². The summed E-state index contributed by atoms with van der Waals surface area (Å²) in [5, 5.41) is 0.943. The normalized spacial score (nSPS) is 10.7. The van der Waals surface area contributed by atoms with Crippen molar-refractivity contribution in [2.75, 3.05) is 13.1 Å². The number of amides is 1. The van der Waals surface area contributed by atoms with E-state index in [-0.39, 0.29) is 5.91 Å². The molecule has 1 amide bonds. The number of nitrogens with zero attached hydrogens (tertiary/aromatic N) is 1. The molecule has 0 aliphatic heterocycles. The fourth-order valence-electron chi connectivity index (χ4n) is 2.07. The van der Waals surface area contributed by atoms with Crippen molar-refractivity contribution in [2.24, 2.45) is 5.73 Å². The van der Waals surface area contributed by atoms with Crippen LogP contribution >= 0.6 is 12.2 Å². The molecule has 1 aromatic heterocycles. The van der Waals surface area contributed by atoms with E-state index in [2.05, 4.69) is 0 Å². The zero-order valence-corrected chi connectivity index (χ0v) is 12.5. The molecule has 106 valence electrons. The molecule has 2 rings (SSSR count). The van der Waals surface area contributed by atoms with Crippen molar-refractivity contribution in [2.45, 2.75) is 20.3 Å². The van der Waals surface area contributed by atoms with Crippen LogP contribution in [0.4, 0.5) is 0 Å². The second kappa shape index (κ2) is 6.05. The number of carbonyl (C=O) groups excluding carboxylic acids is 1. The smallest absolute Gasteiger partial charge is 0.289 e. The number of thiocarbonyl (C=S) groups is 1. The molecule has 20 heavy (non-hydrogen) atoms. The topological polar surface area (TPSA) is 59.5 Å². The van der Waals surface area contributed by atoms with Crippen molar-refractivity contribution in [1.82, 2.24) is 4.90 Å². The van der Waals surface area contributed by atoms with E-state index in [0.29, 0.717) is 30.3 Å². The van der Waals surface area contributed by atoms with E-state index in [1.165, 1.54) is 0 Å². The molecule has 0 spiro atoms. The second-order valence-electron chi connectivity index (χ2n) is 4.75. The minimum atomic E-state index is -0.127. The van der Waals surface area contributed by atoms with E-state index in [0.717, 1.165) is 16.5 Å². The molecule has 0 saturated heterocycles. The summed E-state index contributed by atoms with van der Waals surface area (Å²) in [6, 6.07) is 7.63. The van der Waals surface area contributed by atoms with E-state index in [1.807, 2.05) is 32.0 Å². The molecule has 5 heteroatoms. The maximum Gasteiger partial charge on any atom is 0.289 e. The van der Waals surface area contributed by atoms with Crippen molar-refractivity contribution < 1.29 is 9.21 Å². The van der Waals surface area contributed by atoms with Crippen molar-refractivity contribution in [3.8, 4) is 0 Å². The lowest BCUT2D eigenvalue weighted by molar-refractivity contribution is 0.0739. The zero-order valence-electron chi connectivity index (χ0n) is 11.7. The lowest BCUT2D eigenvalue weighted by Gasteiger charge is -2.18. The van der Waals surface area contributed by atoms with Crippen LogP contribution in [0.25, 0.3) is 11.0 Å². The van der Waals surface area contributed by atoms with Gasteiger partial charge < -0.3 is 15.1 Å². The highest BCUT2D eigenvalue weighted by molar-refractivity contribution is 7.80. The molecule has 1 heterocycles. The quantitative estimate of drug-likeness (QED) is 0.860. The Bertz CT molecular complexity index is 648. The van der Waals surface area contributed by atoms with Crippen LogP contribution in [0.5, 0.6) is 0 Å². The predicted molar refractivity (Wildman–Crippen MR) is 83.9 cm³/mol. The first kappa shape index (κ1) is 14.5. The van der Waals surface area contributed by atoms with E-state index in [9.17, 15) is 4.79 Å². The Morgan fingerprint density at radius 1 is 1.40 bits per heavy atom. The number of furan rings is 1. The Labute approximate surface area is 123 Å². The molecule has 4 nitrogen and oxygen atoms in total. The summed E-state index contributed by atoms with van der Waals surface area (Å²) in [5.74, 6) is 0.230. The average molecular weight is 290 g/mol. The largest absolute Gasteiger partial charge is 0.451 e. The highest BCUT2D eigenvalue weighted by Gasteiger charge is 2.18. The second-order valence-corrected chi connectivity index (χ2v) is 5.28. The lowest BCUT2D eigenvalue weighted by atomic mass is 10.2. The summed E-state index contributed by atoms with van der Waals surface area (Å²) in [6.07, 6.45) is 0.522. The van der Waals surface area contributed by atoms with Crippen LogP contribution in [-0.2, 0) is 0 Å². The fourth-order valence-corrected chi connectivity index (χ4v) is 2.16. The third kappa shape index (κ3) is 3.17. The molecular weight excluding hydrogens is 272 g/mol. The first-order valence-corrected chi connectivity index (χ1v) is 7.00. The summed E-state index contributed by atoms with van der Waals surface area (Å²) in [4.78, 5) is 14.5. The molecule has 2 N–H and O–H groups in total. The van der Waals surface area contributed by atoms with Gasteiger partial charge in [0, 0.05) is 24.9 Å². The van der Waals surface area contributed by atoms with Crippen molar-refractivity contribution in [1.29, 1.82) is 0 Å². The molecule has 0 saturated carbocycles. The maximum absolute atomic E-state index is 12.4. The van der Waals surface area contributed by atoms with Crippen molar-refractivity contribution in [3.63, 3.8) is 0 Å².